The number of ether oxygens (including phenoxy) is 1. The first-order chi connectivity index (χ1) is 14.6. The van der Waals surface area contributed by atoms with E-state index in [1.54, 1.807) is 4.90 Å². The molecule has 2 aromatic heterocycles. The van der Waals surface area contributed by atoms with Gasteiger partial charge in [0, 0.05) is 18.5 Å². The van der Waals surface area contributed by atoms with E-state index in [0.29, 0.717) is 22.5 Å². The van der Waals surface area contributed by atoms with Gasteiger partial charge in [-0.25, -0.2) is 14.8 Å². The van der Waals surface area contributed by atoms with Gasteiger partial charge in [-0.1, -0.05) is 6.92 Å². The first-order valence-corrected chi connectivity index (χ1v) is 11.4. The Kier molecular flexibility index (Phi) is 10.6. The number of hydrogen-bond donors (Lipinski definition) is 2. The van der Waals surface area contributed by atoms with E-state index in [2.05, 4.69) is 35.1 Å². The molecule has 0 aromatic carbocycles. The van der Waals surface area contributed by atoms with E-state index in [4.69, 9.17) is 9.84 Å². The summed E-state index contributed by atoms with van der Waals surface area (Å²) >= 11 is 2.77. The van der Waals surface area contributed by atoms with E-state index in [1.165, 1.54) is 22.7 Å². The highest BCUT2D eigenvalue weighted by Gasteiger charge is 2.27. The largest absolute Gasteiger partial charge is 0.444 e. The van der Waals surface area contributed by atoms with Gasteiger partial charge in [-0.3, -0.25) is 4.79 Å². The van der Waals surface area contributed by atoms with Crippen LogP contribution in [0, 0.1) is 25.7 Å². The number of aliphatic hydroxyl groups excluding tert-OH is 1. The summed E-state index contributed by atoms with van der Waals surface area (Å²) in [6.45, 7) is 11.3. The second kappa shape index (κ2) is 12.4. The minimum absolute atomic E-state index is 0.0604. The first kappa shape index (κ1) is 26.6. The molecular formula is C21H30N4O4S2. The zero-order valence-corrected chi connectivity index (χ0v) is 20.2. The Morgan fingerprint density at radius 1 is 1.42 bits per heavy atom. The van der Waals surface area contributed by atoms with Gasteiger partial charge in [0.2, 0.25) is 6.41 Å². The number of rotatable bonds is 4. The molecule has 1 saturated heterocycles. The Morgan fingerprint density at radius 2 is 2.10 bits per heavy atom. The molecular weight excluding hydrogens is 436 g/mol. The van der Waals surface area contributed by atoms with Crippen molar-refractivity contribution >= 4 is 40.3 Å². The average Bonchev–Trinajstić information content (AvgIpc) is 3.43. The Hall–Kier alpha value is -2.48. The maximum absolute atomic E-state index is 11.5. The molecule has 1 fully saturated rings. The lowest BCUT2D eigenvalue weighted by Gasteiger charge is -2.24. The lowest BCUT2D eigenvalue weighted by atomic mass is 10.2. The third-order valence-electron chi connectivity index (χ3n) is 3.97. The molecule has 3 rings (SSSR count). The summed E-state index contributed by atoms with van der Waals surface area (Å²) in [7, 11) is 0. The van der Waals surface area contributed by atoms with Crippen LogP contribution >= 0.6 is 22.7 Å². The van der Waals surface area contributed by atoms with Gasteiger partial charge in [-0.05, 0) is 40.0 Å². The zero-order valence-electron chi connectivity index (χ0n) is 18.5. The Bertz CT molecular complexity index is 870. The molecule has 2 amide bonds. The topological polar surface area (TPSA) is 105 Å². The molecule has 2 aromatic rings. The number of amides is 2. The number of carbonyl (C=O) groups excluding carboxylic acids is 2. The van der Waals surface area contributed by atoms with E-state index >= 15 is 0 Å². The number of aryl methyl sites for hydroxylation is 1. The number of nitrogens with zero attached hydrogens (tertiary/aromatic N) is 3. The van der Waals surface area contributed by atoms with Crippen LogP contribution in [0.5, 0.6) is 0 Å². The van der Waals surface area contributed by atoms with Crippen molar-refractivity contribution in [2.75, 3.05) is 18.4 Å². The molecule has 1 atom stereocenters. The third-order valence-corrected chi connectivity index (χ3v) is 5.91. The Morgan fingerprint density at radius 3 is 2.58 bits per heavy atom. The number of thiazole rings is 2. The number of nitrogens with one attached hydrogen (secondary N) is 1. The number of anilines is 1. The van der Waals surface area contributed by atoms with E-state index in [1.807, 2.05) is 33.1 Å². The predicted octanol–water partition coefficient (Wildman–Crippen LogP) is 4.15. The van der Waals surface area contributed by atoms with Crippen LogP contribution in [0.15, 0.2) is 5.38 Å². The summed E-state index contributed by atoms with van der Waals surface area (Å²) in [5.41, 5.74) is 1.25. The predicted molar refractivity (Wildman–Crippen MR) is 125 cm³/mol. The van der Waals surface area contributed by atoms with Gasteiger partial charge >= 0.3 is 6.09 Å². The number of aromatic nitrogens is 2. The van der Waals surface area contributed by atoms with Crippen molar-refractivity contribution in [2.24, 2.45) is 5.92 Å². The van der Waals surface area contributed by atoms with Crippen LogP contribution in [0.25, 0.3) is 10.6 Å². The molecule has 0 aliphatic carbocycles. The second-order valence-electron chi connectivity index (χ2n) is 7.80. The van der Waals surface area contributed by atoms with Crippen LogP contribution in [0.2, 0.25) is 0 Å². The van der Waals surface area contributed by atoms with Crippen molar-refractivity contribution < 1.29 is 19.4 Å². The minimum Gasteiger partial charge on any atom is -0.444 e. The molecule has 0 radical (unpaired) electrons. The summed E-state index contributed by atoms with van der Waals surface area (Å²) in [5.74, 6) is 0.618. The highest BCUT2D eigenvalue weighted by Crippen LogP contribution is 2.32. The molecule has 0 bridgehead atoms. The van der Waals surface area contributed by atoms with Crippen molar-refractivity contribution in [1.29, 1.82) is 0 Å². The summed E-state index contributed by atoms with van der Waals surface area (Å²) in [5, 5.41) is 14.6. The summed E-state index contributed by atoms with van der Waals surface area (Å²) in [6.07, 6.45) is 9.53. The summed E-state index contributed by atoms with van der Waals surface area (Å²) in [6, 6.07) is 0. The Balaban J connectivity index is 0.000000293. The smallest absolute Gasteiger partial charge is 0.410 e. The van der Waals surface area contributed by atoms with Crippen molar-refractivity contribution in [1.82, 2.24) is 14.9 Å². The molecule has 1 aliphatic rings. The maximum Gasteiger partial charge on any atom is 0.410 e. The van der Waals surface area contributed by atoms with Crippen molar-refractivity contribution in [3.8, 4) is 23.4 Å². The molecule has 0 spiro atoms. The number of terminal acetylenes is 1. The number of carbonyl (C=O) groups is 2. The SMILES string of the molecule is C#C.C[C@@H]1CCN(C(=O)OC(C)(C)C)C1.Cc1nc(CO)sc1-c1csc(NC=O)n1. The van der Waals surface area contributed by atoms with Gasteiger partial charge in [0.05, 0.1) is 22.9 Å². The standard InChI is InChI=1S/C10H19NO2.C9H9N3O2S2.C2H2/c1-8-5-6-11(7-8)9(12)13-10(2,3)4;1-5-8(16-7(2-13)11-5)6-3-15-9(12-6)10-4-14;1-2/h8H,5-7H2,1-4H3;3-4,13H,2H2,1H3,(H,10,12,14);1-2H/t8-;;/m1../s1. The molecule has 31 heavy (non-hydrogen) atoms. The first-order valence-electron chi connectivity index (χ1n) is 9.67. The van der Waals surface area contributed by atoms with Gasteiger partial charge < -0.3 is 20.1 Å². The van der Waals surface area contributed by atoms with E-state index in [0.717, 1.165) is 35.8 Å². The van der Waals surface area contributed by atoms with Crippen LogP contribution in [0.1, 0.15) is 44.8 Å². The number of hydrogen-bond acceptors (Lipinski definition) is 8. The fourth-order valence-electron chi connectivity index (χ4n) is 2.68. The van der Waals surface area contributed by atoms with Gasteiger partial charge in [-0.15, -0.1) is 35.5 Å². The molecule has 0 unspecified atom stereocenters. The maximum atomic E-state index is 11.5. The average molecular weight is 467 g/mol. The number of aliphatic hydroxyl groups is 1. The fourth-order valence-corrected chi connectivity index (χ4v) is 4.30. The lowest BCUT2D eigenvalue weighted by molar-refractivity contribution is -0.105. The zero-order chi connectivity index (χ0) is 23.6. The van der Waals surface area contributed by atoms with Crippen LogP contribution in [-0.2, 0) is 16.1 Å². The van der Waals surface area contributed by atoms with Crippen LogP contribution < -0.4 is 5.32 Å². The quantitative estimate of drug-likeness (QED) is 0.518. The number of likely N-dealkylation sites (tertiary alicyclic amines) is 1. The summed E-state index contributed by atoms with van der Waals surface area (Å²) in [4.78, 5) is 32.9. The third kappa shape index (κ3) is 8.65. The molecule has 0 saturated carbocycles. The molecule has 2 N–H and O–H groups in total. The van der Waals surface area contributed by atoms with E-state index in [9.17, 15) is 9.59 Å². The molecule has 8 nitrogen and oxygen atoms in total. The fraction of sp³-hybridized carbons (Fsp3) is 0.524. The molecule has 170 valence electrons. The Labute approximate surface area is 191 Å². The second-order valence-corrected chi connectivity index (χ2v) is 9.74. The monoisotopic (exact) mass is 466 g/mol. The highest BCUT2D eigenvalue weighted by molar-refractivity contribution is 7.16. The van der Waals surface area contributed by atoms with Gasteiger partial charge in [0.15, 0.2) is 5.13 Å². The molecule has 3 heterocycles. The van der Waals surface area contributed by atoms with Crippen LogP contribution in [-0.4, -0.2) is 51.2 Å². The van der Waals surface area contributed by atoms with Gasteiger partial charge in [0.1, 0.15) is 10.6 Å². The molecule has 1 aliphatic heterocycles. The van der Waals surface area contributed by atoms with Gasteiger partial charge in [-0.2, -0.15) is 0 Å². The van der Waals surface area contributed by atoms with Gasteiger partial charge in [0.25, 0.3) is 0 Å². The highest BCUT2D eigenvalue weighted by atomic mass is 32.1. The van der Waals surface area contributed by atoms with Crippen molar-refractivity contribution in [3.05, 3.63) is 16.1 Å². The summed E-state index contributed by atoms with van der Waals surface area (Å²) < 4.78 is 5.26. The van der Waals surface area contributed by atoms with Crippen molar-refractivity contribution in [2.45, 2.75) is 53.2 Å². The normalized spacial score (nSPS) is 15.2. The minimum atomic E-state index is -0.372. The van der Waals surface area contributed by atoms with Crippen molar-refractivity contribution in [3.63, 3.8) is 0 Å². The van der Waals surface area contributed by atoms with E-state index < -0.39 is 0 Å². The lowest BCUT2D eigenvalue weighted by Crippen LogP contribution is -2.35. The molecule has 10 heteroatoms. The van der Waals surface area contributed by atoms with E-state index in [-0.39, 0.29) is 18.3 Å². The van der Waals surface area contributed by atoms with Crippen LogP contribution in [0.4, 0.5) is 9.93 Å². The van der Waals surface area contributed by atoms with Crippen LogP contribution in [0.3, 0.4) is 0 Å².